The Morgan fingerprint density at radius 1 is 1.26 bits per heavy atom. The molecule has 2 atom stereocenters. The summed E-state index contributed by atoms with van der Waals surface area (Å²) in [4.78, 5) is 13.3. The van der Waals surface area contributed by atoms with E-state index in [9.17, 15) is 5.11 Å². The van der Waals surface area contributed by atoms with Crippen molar-refractivity contribution in [2.75, 3.05) is 38.2 Å². The molecule has 2 aliphatic rings. The third-order valence-electron chi connectivity index (χ3n) is 7.10. The topological polar surface area (TPSA) is 81.5 Å². The number of benzene rings is 1. The minimum Gasteiger partial charge on any atom is -0.383 e. The lowest BCUT2D eigenvalue weighted by molar-refractivity contribution is 0.0668. The second-order valence-corrected chi connectivity index (χ2v) is 11.5. The van der Waals surface area contributed by atoms with Gasteiger partial charge >= 0.3 is 0 Å². The van der Waals surface area contributed by atoms with Gasteiger partial charge in [-0.05, 0) is 56.4 Å². The number of allylic oxidation sites excluding steroid dienone is 1. The number of morpholine rings is 1. The molecule has 1 aromatic carbocycles. The molecule has 7 nitrogen and oxygen atoms in total. The Balaban J connectivity index is 1.66. The van der Waals surface area contributed by atoms with Crippen LogP contribution in [-0.2, 0) is 16.8 Å². The van der Waals surface area contributed by atoms with E-state index in [1.165, 1.54) is 17.0 Å². The number of hydrogen-bond acceptors (Lipinski definition) is 7. The number of aliphatic hydroxyl groups is 1. The first-order valence-electron chi connectivity index (χ1n) is 13.6. The van der Waals surface area contributed by atoms with Gasteiger partial charge in [-0.25, -0.2) is 4.99 Å². The first-order valence-corrected chi connectivity index (χ1v) is 14.8. The fraction of sp³-hybridized carbons (Fsp3) is 0.517. The molecule has 0 saturated carbocycles. The third-order valence-corrected chi connectivity index (χ3v) is 8.74. The number of anilines is 1. The number of rotatable bonds is 8. The number of amidine groups is 1. The minimum atomic E-state index is -1.09. The van der Waals surface area contributed by atoms with Crippen molar-refractivity contribution in [2.45, 2.75) is 59.5 Å². The molecule has 1 aromatic heterocycles. The number of thiophene rings is 1. The number of ether oxygens (including phenoxy) is 1. The molecular formula is C29H40ClN5O2S. The number of guanidine groups is 1. The summed E-state index contributed by atoms with van der Waals surface area (Å²) >= 11 is 7.94. The number of hydrogen-bond donors (Lipinski definition) is 3. The highest BCUT2D eigenvalue weighted by atomic mass is 35.5. The van der Waals surface area contributed by atoms with Crippen LogP contribution in [0, 0.1) is 12.8 Å². The van der Waals surface area contributed by atoms with Crippen LogP contribution in [0.2, 0.25) is 5.02 Å². The predicted octanol–water partition coefficient (Wildman–Crippen LogP) is 6.23. The van der Waals surface area contributed by atoms with Gasteiger partial charge < -0.3 is 25.4 Å². The molecule has 1 fully saturated rings. The maximum absolute atomic E-state index is 11.5. The van der Waals surface area contributed by atoms with Gasteiger partial charge in [0.25, 0.3) is 0 Å². The Hall–Kier alpha value is -2.39. The zero-order valence-electron chi connectivity index (χ0n) is 23.1. The van der Waals surface area contributed by atoms with E-state index in [0.29, 0.717) is 24.8 Å². The van der Waals surface area contributed by atoms with Crippen molar-refractivity contribution in [1.82, 2.24) is 10.2 Å². The molecule has 0 radical (unpaired) electrons. The molecule has 0 bridgehead atoms. The number of halogens is 1. The minimum absolute atomic E-state index is 0.108. The number of nitrogens with zero attached hydrogens (tertiary/aromatic N) is 3. The highest BCUT2D eigenvalue weighted by Gasteiger charge is 2.28. The average Bonchev–Trinajstić information content (AvgIpc) is 3.24. The number of para-hydroxylation sites is 1. The summed E-state index contributed by atoms with van der Waals surface area (Å²) in [5, 5.41) is 20.0. The zero-order chi connectivity index (χ0) is 27.3. The molecule has 1 saturated heterocycles. The van der Waals surface area contributed by atoms with Gasteiger partial charge in [0.05, 0.1) is 23.9 Å². The predicted molar refractivity (Wildman–Crippen MR) is 160 cm³/mol. The lowest BCUT2D eigenvalue weighted by atomic mass is 10.0. The van der Waals surface area contributed by atoms with Gasteiger partial charge in [0.2, 0.25) is 5.96 Å². The van der Waals surface area contributed by atoms with Crippen LogP contribution < -0.4 is 10.6 Å². The van der Waals surface area contributed by atoms with Crippen LogP contribution in [0.3, 0.4) is 0 Å². The van der Waals surface area contributed by atoms with E-state index in [1.54, 1.807) is 0 Å². The molecule has 3 N–H and O–H groups in total. The Morgan fingerprint density at radius 2 is 2.03 bits per heavy atom. The van der Waals surface area contributed by atoms with Crippen LogP contribution in [0.4, 0.5) is 10.7 Å². The van der Waals surface area contributed by atoms with Crippen LogP contribution in [0.5, 0.6) is 0 Å². The lowest BCUT2D eigenvalue weighted by Crippen LogP contribution is -2.47. The quantitative estimate of drug-likeness (QED) is 0.358. The smallest absolute Gasteiger partial charge is 0.204 e. The largest absolute Gasteiger partial charge is 0.383 e. The molecule has 4 rings (SSSR count). The van der Waals surface area contributed by atoms with E-state index >= 15 is 0 Å². The first-order chi connectivity index (χ1) is 18.2. The summed E-state index contributed by atoms with van der Waals surface area (Å²) in [5.41, 5.74) is 3.08. The molecule has 9 heteroatoms. The Morgan fingerprint density at radius 3 is 2.68 bits per heavy atom. The molecule has 0 spiro atoms. The molecule has 206 valence electrons. The van der Waals surface area contributed by atoms with Gasteiger partial charge in [-0.2, -0.15) is 4.99 Å². The average molecular weight is 558 g/mol. The van der Waals surface area contributed by atoms with E-state index in [1.807, 2.05) is 32.0 Å². The van der Waals surface area contributed by atoms with E-state index < -0.39 is 5.60 Å². The van der Waals surface area contributed by atoms with Gasteiger partial charge in [0, 0.05) is 36.1 Å². The van der Waals surface area contributed by atoms with Crippen molar-refractivity contribution < 1.29 is 9.84 Å². The third kappa shape index (κ3) is 6.60. The number of aryl methyl sites for hydroxylation is 2. The number of nitrogens with one attached hydrogen (secondary N) is 2. The van der Waals surface area contributed by atoms with Crippen molar-refractivity contribution in [3.8, 4) is 0 Å². The van der Waals surface area contributed by atoms with Crippen molar-refractivity contribution >= 4 is 45.4 Å². The van der Waals surface area contributed by atoms with Crippen LogP contribution in [-0.4, -0.2) is 54.6 Å². The Labute approximate surface area is 235 Å². The van der Waals surface area contributed by atoms with Crippen LogP contribution in [0.25, 0.3) is 0 Å². The maximum atomic E-state index is 11.5. The maximum Gasteiger partial charge on any atom is 0.204 e. The summed E-state index contributed by atoms with van der Waals surface area (Å²) in [7, 11) is 0. The standard InChI is InChI=1S/C29H40ClN5O2S/c1-6-20-16-22(8-3)32-28(35-12-14-37-15-13-35)34-26(20)33-27-21(7-2)17-24(38-27)29(5,36)18-31-25-19(4)10-9-11-23(25)30/h9-11,16-17,20,31,36H,6-8,12-15,18H2,1-5H3,(H,32,33,34). The van der Waals surface area contributed by atoms with Crippen molar-refractivity contribution in [3.05, 3.63) is 57.1 Å². The summed E-state index contributed by atoms with van der Waals surface area (Å²) in [6.45, 7) is 13.6. The number of aliphatic imine (C=N–C) groups is 2. The molecule has 38 heavy (non-hydrogen) atoms. The van der Waals surface area contributed by atoms with E-state index in [2.05, 4.69) is 48.4 Å². The van der Waals surface area contributed by atoms with Crippen LogP contribution >= 0.6 is 22.9 Å². The van der Waals surface area contributed by atoms with Gasteiger partial charge in [0.15, 0.2) is 0 Å². The molecule has 2 aromatic rings. The van der Waals surface area contributed by atoms with Gasteiger partial charge in [0.1, 0.15) is 16.4 Å². The van der Waals surface area contributed by atoms with Crippen molar-refractivity contribution in [2.24, 2.45) is 15.9 Å². The Kier molecular flexibility index (Phi) is 9.52. The van der Waals surface area contributed by atoms with Gasteiger partial charge in [-0.3, -0.25) is 0 Å². The van der Waals surface area contributed by atoms with Crippen LogP contribution in [0.1, 0.15) is 56.5 Å². The van der Waals surface area contributed by atoms with Crippen molar-refractivity contribution in [1.29, 1.82) is 0 Å². The second kappa shape index (κ2) is 12.6. The molecule has 0 amide bonds. The van der Waals surface area contributed by atoms with E-state index in [0.717, 1.165) is 70.8 Å². The monoisotopic (exact) mass is 557 g/mol. The summed E-state index contributed by atoms with van der Waals surface area (Å²) < 4.78 is 5.56. The van der Waals surface area contributed by atoms with E-state index in [4.69, 9.17) is 26.3 Å². The molecule has 2 aliphatic heterocycles. The molecular weight excluding hydrogens is 518 g/mol. The normalized spacial score (nSPS) is 20.9. The molecule has 2 unspecified atom stereocenters. The molecule has 3 heterocycles. The van der Waals surface area contributed by atoms with Crippen LogP contribution in [0.15, 0.2) is 46.0 Å². The zero-order valence-corrected chi connectivity index (χ0v) is 24.7. The summed E-state index contributed by atoms with van der Waals surface area (Å²) in [5.74, 6) is 1.76. The summed E-state index contributed by atoms with van der Waals surface area (Å²) in [6, 6.07) is 7.88. The lowest BCUT2D eigenvalue weighted by Gasteiger charge is -2.30. The Bertz CT molecular complexity index is 1190. The van der Waals surface area contributed by atoms with Gasteiger partial charge in [-0.15, -0.1) is 11.3 Å². The van der Waals surface area contributed by atoms with Gasteiger partial charge in [-0.1, -0.05) is 50.6 Å². The highest BCUT2D eigenvalue weighted by molar-refractivity contribution is 7.16. The molecule has 0 aliphatic carbocycles. The second-order valence-electron chi connectivity index (χ2n) is 10.0. The first kappa shape index (κ1) is 28.6. The van der Waals surface area contributed by atoms with E-state index in [-0.39, 0.29) is 5.92 Å². The SMILES string of the molecule is CCC1=CC(CC)C(=Nc2sc(C(C)(O)CNc3c(C)cccc3Cl)cc2CC)N=C(N2CCOCC2)N1. The fourth-order valence-corrected chi connectivity index (χ4v) is 6.07. The van der Waals surface area contributed by atoms with Crippen molar-refractivity contribution in [3.63, 3.8) is 0 Å². The summed E-state index contributed by atoms with van der Waals surface area (Å²) in [6.07, 6.45) is 4.89. The fourth-order valence-electron chi connectivity index (χ4n) is 4.60. The highest BCUT2D eigenvalue weighted by Crippen LogP contribution is 2.39.